The highest BCUT2D eigenvalue weighted by molar-refractivity contribution is 5.21. The summed E-state index contributed by atoms with van der Waals surface area (Å²) < 4.78 is 26.0. The van der Waals surface area contributed by atoms with Crippen LogP contribution in [0, 0.1) is 11.7 Å². The number of benzene rings is 1. The quantitative estimate of drug-likeness (QED) is 0.770. The predicted molar refractivity (Wildman–Crippen MR) is 74.3 cm³/mol. The summed E-state index contributed by atoms with van der Waals surface area (Å²) in [6, 6.07) is 6.85. The maximum Gasteiger partial charge on any atom is 0.123 e. The zero-order valence-electron chi connectivity index (χ0n) is 12.0. The molecule has 0 radical (unpaired) electrons. The number of rotatable bonds is 2. The van der Waals surface area contributed by atoms with E-state index in [0.717, 1.165) is 24.9 Å². The lowest BCUT2D eigenvalue weighted by Gasteiger charge is -2.46. The van der Waals surface area contributed by atoms with Crippen molar-refractivity contribution in [2.45, 2.75) is 45.2 Å². The fourth-order valence-electron chi connectivity index (χ4n) is 2.98. The molecule has 1 nitrogen and oxygen atoms in total. The van der Waals surface area contributed by atoms with Crippen LogP contribution in [0.5, 0.6) is 0 Å². The van der Waals surface area contributed by atoms with Crippen molar-refractivity contribution >= 4 is 0 Å². The van der Waals surface area contributed by atoms with Crippen molar-refractivity contribution in [3.63, 3.8) is 0 Å². The average Bonchev–Trinajstić information content (AvgIpc) is 2.38. The van der Waals surface area contributed by atoms with Gasteiger partial charge in [0, 0.05) is 11.6 Å². The second kappa shape index (κ2) is 5.58. The molecule has 0 unspecified atom stereocenters. The fourth-order valence-corrected chi connectivity index (χ4v) is 2.98. The van der Waals surface area contributed by atoms with E-state index in [-0.39, 0.29) is 30.0 Å². The van der Waals surface area contributed by atoms with Crippen LogP contribution in [0.1, 0.15) is 45.2 Å². The van der Waals surface area contributed by atoms with Gasteiger partial charge in [-0.15, -0.1) is 0 Å². The van der Waals surface area contributed by atoms with E-state index in [1.807, 2.05) is 12.1 Å². The largest absolute Gasteiger partial charge is 0.291 e. The van der Waals surface area contributed by atoms with Gasteiger partial charge in [0.25, 0.3) is 0 Å². The normalized spacial score (nSPS) is 25.5. The van der Waals surface area contributed by atoms with Crippen LogP contribution in [0.2, 0.25) is 0 Å². The van der Waals surface area contributed by atoms with Crippen LogP contribution in [0.25, 0.3) is 0 Å². The Hall–Kier alpha value is -0.960. The van der Waals surface area contributed by atoms with Crippen molar-refractivity contribution in [2.75, 3.05) is 13.2 Å². The zero-order chi connectivity index (χ0) is 14.0. The number of alkyl halides is 1. The van der Waals surface area contributed by atoms with Gasteiger partial charge in [-0.05, 0) is 63.8 Å². The van der Waals surface area contributed by atoms with Crippen molar-refractivity contribution in [1.82, 2.24) is 4.90 Å². The lowest BCUT2D eigenvalue weighted by atomic mass is 9.84. The Bertz CT molecular complexity index is 408. The molecule has 0 spiro atoms. The standard InChI is InChI=1S/C16H23F2N/c1-16(2,3)19-9-8-12(11-17)10-15(19)13-4-6-14(18)7-5-13/h4-7,12,15H,8-11H2,1-3H3/t12-,15-/m0/s1. The van der Waals surface area contributed by atoms with Gasteiger partial charge in [0.05, 0.1) is 6.67 Å². The minimum Gasteiger partial charge on any atom is -0.291 e. The molecule has 1 fully saturated rings. The first kappa shape index (κ1) is 14.4. The highest BCUT2D eigenvalue weighted by atomic mass is 19.1. The van der Waals surface area contributed by atoms with Gasteiger partial charge in [-0.25, -0.2) is 4.39 Å². The van der Waals surface area contributed by atoms with Crippen molar-refractivity contribution in [1.29, 1.82) is 0 Å². The highest BCUT2D eigenvalue weighted by Gasteiger charge is 2.35. The Morgan fingerprint density at radius 3 is 2.37 bits per heavy atom. The molecule has 0 bridgehead atoms. The maximum atomic E-state index is 13.1. The molecule has 106 valence electrons. The second-order valence-corrected chi connectivity index (χ2v) is 6.48. The summed E-state index contributed by atoms with van der Waals surface area (Å²) in [5.41, 5.74) is 1.13. The summed E-state index contributed by atoms with van der Waals surface area (Å²) in [4.78, 5) is 2.41. The van der Waals surface area contributed by atoms with Gasteiger partial charge >= 0.3 is 0 Å². The first-order valence-electron chi connectivity index (χ1n) is 7.00. The number of piperidine rings is 1. The smallest absolute Gasteiger partial charge is 0.123 e. The first-order chi connectivity index (χ1) is 8.91. The van der Waals surface area contributed by atoms with Gasteiger partial charge in [0.1, 0.15) is 5.82 Å². The Labute approximate surface area is 114 Å². The molecule has 0 amide bonds. The van der Waals surface area contributed by atoms with Crippen molar-refractivity contribution < 1.29 is 8.78 Å². The Morgan fingerprint density at radius 2 is 1.84 bits per heavy atom. The number of hydrogen-bond acceptors (Lipinski definition) is 1. The SMILES string of the molecule is CC(C)(C)N1CC[C@H](CF)C[C@H]1c1ccc(F)cc1. The van der Waals surface area contributed by atoms with E-state index in [1.54, 1.807) is 0 Å². The van der Waals surface area contributed by atoms with Gasteiger partial charge in [-0.1, -0.05) is 12.1 Å². The average molecular weight is 267 g/mol. The number of halogens is 2. The molecule has 0 N–H and O–H groups in total. The van der Waals surface area contributed by atoms with Crippen LogP contribution in [0.15, 0.2) is 24.3 Å². The summed E-state index contributed by atoms with van der Waals surface area (Å²) in [7, 11) is 0. The van der Waals surface area contributed by atoms with E-state index in [0.29, 0.717) is 0 Å². The zero-order valence-corrected chi connectivity index (χ0v) is 12.0. The minimum absolute atomic E-state index is 0.0420. The Morgan fingerprint density at radius 1 is 1.21 bits per heavy atom. The van der Waals surface area contributed by atoms with Crippen LogP contribution in [0.4, 0.5) is 8.78 Å². The molecule has 0 aliphatic carbocycles. The molecule has 2 rings (SSSR count). The van der Waals surface area contributed by atoms with Crippen LogP contribution in [-0.2, 0) is 0 Å². The molecule has 2 atom stereocenters. The van der Waals surface area contributed by atoms with Crippen molar-refractivity contribution in [2.24, 2.45) is 5.92 Å². The van der Waals surface area contributed by atoms with Crippen molar-refractivity contribution in [3.05, 3.63) is 35.6 Å². The molecule has 3 heteroatoms. The van der Waals surface area contributed by atoms with Gasteiger partial charge in [0.15, 0.2) is 0 Å². The highest BCUT2D eigenvalue weighted by Crippen LogP contribution is 2.38. The molecule has 0 aromatic heterocycles. The molecule has 1 aromatic rings. The summed E-state index contributed by atoms with van der Waals surface area (Å²) in [5, 5.41) is 0. The lowest BCUT2D eigenvalue weighted by molar-refractivity contribution is 0.0237. The Balaban J connectivity index is 2.27. The molecule has 0 saturated carbocycles. The van der Waals surface area contributed by atoms with Crippen LogP contribution < -0.4 is 0 Å². The third-order valence-corrected chi connectivity index (χ3v) is 4.05. The molecule has 1 saturated heterocycles. The minimum atomic E-state index is -0.254. The Kier molecular flexibility index (Phi) is 4.24. The lowest BCUT2D eigenvalue weighted by Crippen LogP contribution is -2.48. The van der Waals surface area contributed by atoms with E-state index in [1.165, 1.54) is 12.1 Å². The van der Waals surface area contributed by atoms with Crippen LogP contribution >= 0.6 is 0 Å². The van der Waals surface area contributed by atoms with Crippen LogP contribution in [-0.4, -0.2) is 23.7 Å². The maximum absolute atomic E-state index is 13.1. The van der Waals surface area contributed by atoms with E-state index in [2.05, 4.69) is 25.7 Å². The summed E-state index contributed by atoms with van der Waals surface area (Å²) >= 11 is 0. The molecule has 1 heterocycles. The van der Waals surface area contributed by atoms with E-state index >= 15 is 0 Å². The number of likely N-dealkylation sites (tertiary alicyclic amines) is 1. The van der Waals surface area contributed by atoms with Gasteiger partial charge < -0.3 is 0 Å². The monoisotopic (exact) mass is 267 g/mol. The second-order valence-electron chi connectivity index (χ2n) is 6.48. The molecule has 19 heavy (non-hydrogen) atoms. The number of hydrogen-bond donors (Lipinski definition) is 0. The van der Waals surface area contributed by atoms with Gasteiger partial charge in [-0.3, -0.25) is 9.29 Å². The first-order valence-corrected chi connectivity index (χ1v) is 7.00. The third kappa shape index (κ3) is 3.33. The summed E-state index contributed by atoms with van der Waals surface area (Å²) in [6.45, 7) is 7.19. The van der Waals surface area contributed by atoms with Crippen LogP contribution in [0.3, 0.4) is 0 Å². The summed E-state index contributed by atoms with van der Waals surface area (Å²) in [6.07, 6.45) is 1.73. The number of nitrogens with zero attached hydrogens (tertiary/aromatic N) is 1. The fraction of sp³-hybridized carbons (Fsp3) is 0.625. The molecular weight excluding hydrogens is 244 g/mol. The predicted octanol–water partition coefficient (Wildman–Crippen LogP) is 4.35. The molecule has 1 aliphatic rings. The van der Waals surface area contributed by atoms with Crippen molar-refractivity contribution in [3.8, 4) is 0 Å². The topological polar surface area (TPSA) is 3.24 Å². The third-order valence-electron chi connectivity index (χ3n) is 4.05. The van der Waals surface area contributed by atoms with E-state index < -0.39 is 0 Å². The van der Waals surface area contributed by atoms with E-state index in [9.17, 15) is 8.78 Å². The molecule has 1 aromatic carbocycles. The molecular formula is C16H23F2N. The molecule has 1 aliphatic heterocycles. The summed E-state index contributed by atoms with van der Waals surface area (Å²) in [5.74, 6) is -0.0856. The van der Waals surface area contributed by atoms with Gasteiger partial charge in [-0.2, -0.15) is 0 Å². The van der Waals surface area contributed by atoms with E-state index in [4.69, 9.17) is 0 Å². The van der Waals surface area contributed by atoms with Gasteiger partial charge in [0.2, 0.25) is 0 Å².